The first-order chi connectivity index (χ1) is 6.56. The van der Waals surface area contributed by atoms with Gasteiger partial charge in [0.1, 0.15) is 0 Å². The molecule has 1 heterocycles. The van der Waals surface area contributed by atoms with Crippen molar-refractivity contribution >= 4 is 10.2 Å². The van der Waals surface area contributed by atoms with Crippen molar-refractivity contribution in [2.75, 3.05) is 19.6 Å². The summed E-state index contributed by atoms with van der Waals surface area (Å²) in [7, 11) is -3.34. The van der Waals surface area contributed by atoms with Gasteiger partial charge in [0.2, 0.25) is 0 Å². The van der Waals surface area contributed by atoms with Crippen LogP contribution in [0.1, 0.15) is 19.8 Å². The molecular weight excluding hydrogens is 200 g/mol. The molecule has 0 spiro atoms. The first-order valence-corrected chi connectivity index (χ1v) is 6.18. The van der Waals surface area contributed by atoms with Crippen LogP contribution in [0.5, 0.6) is 0 Å². The molecule has 80 valence electrons. The van der Waals surface area contributed by atoms with Crippen molar-refractivity contribution in [2.24, 2.45) is 5.92 Å². The molecule has 1 aliphatic heterocycles. The lowest BCUT2D eigenvalue weighted by molar-refractivity contribution is 0.279. The van der Waals surface area contributed by atoms with E-state index in [0.29, 0.717) is 19.0 Å². The van der Waals surface area contributed by atoms with E-state index in [-0.39, 0.29) is 6.54 Å². The molecule has 0 amide bonds. The Hall–Kier alpha value is -0.570. The predicted molar refractivity (Wildman–Crippen MR) is 55.7 cm³/mol. The summed E-state index contributed by atoms with van der Waals surface area (Å²) in [5, 5.41) is 0. The summed E-state index contributed by atoms with van der Waals surface area (Å²) < 4.78 is 27.1. The van der Waals surface area contributed by atoms with Crippen LogP contribution in [0.3, 0.4) is 0 Å². The Morgan fingerprint density at radius 1 is 1.64 bits per heavy atom. The highest BCUT2D eigenvalue weighted by atomic mass is 32.2. The highest BCUT2D eigenvalue weighted by molar-refractivity contribution is 7.87. The van der Waals surface area contributed by atoms with E-state index in [1.807, 2.05) is 0 Å². The largest absolute Gasteiger partial charge is 0.280 e. The van der Waals surface area contributed by atoms with Crippen LogP contribution in [0.2, 0.25) is 0 Å². The van der Waals surface area contributed by atoms with Crippen LogP contribution < -0.4 is 4.72 Å². The Morgan fingerprint density at radius 2 is 2.36 bits per heavy atom. The highest BCUT2D eigenvalue weighted by Crippen LogP contribution is 2.17. The molecule has 0 aliphatic carbocycles. The summed E-state index contributed by atoms with van der Waals surface area (Å²) in [5.74, 6) is 2.69. The summed E-state index contributed by atoms with van der Waals surface area (Å²) >= 11 is 0. The Bertz CT molecular complexity index is 318. The van der Waals surface area contributed by atoms with Gasteiger partial charge in [0.05, 0.1) is 6.54 Å². The molecular formula is C9H16N2O2S. The zero-order chi connectivity index (χ0) is 10.6. The lowest BCUT2D eigenvalue weighted by atomic mass is 10.0. The van der Waals surface area contributed by atoms with Gasteiger partial charge in [-0.2, -0.15) is 17.4 Å². The van der Waals surface area contributed by atoms with Crippen molar-refractivity contribution in [3.8, 4) is 12.3 Å². The SMILES string of the molecule is C#CCNS(=O)(=O)N1CCCC(C)C1. The van der Waals surface area contributed by atoms with Crippen LogP contribution in [-0.2, 0) is 10.2 Å². The second kappa shape index (κ2) is 4.78. The van der Waals surface area contributed by atoms with Crippen LogP contribution in [0.15, 0.2) is 0 Å². The topological polar surface area (TPSA) is 49.4 Å². The average Bonchev–Trinajstić information content (AvgIpc) is 2.15. The number of nitrogens with one attached hydrogen (secondary N) is 1. The van der Waals surface area contributed by atoms with Crippen molar-refractivity contribution in [3.63, 3.8) is 0 Å². The fourth-order valence-electron chi connectivity index (χ4n) is 1.59. The fourth-order valence-corrected chi connectivity index (χ4v) is 2.86. The maximum Gasteiger partial charge on any atom is 0.280 e. The van der Waals surface area contributed by atoms with E-state index in [0.717, 1.165) is 12.8 Å². The smallest absolute Gasteiger partial charge is 0.195 e. The van der Waals surface area contributed by atoms with Gasteiger partial charge in [0.15, 0.2) is 0 Å². The molecule has 0 bridgehead atoms. The monoisotopic (exact) mass is 216 g/mol. The van der Waals surface area contributed by atoms with Crippen LogP contribution in [0.4, 0.5) is 0 Å². The van der Waals surface area contributed by atoms with E-state index in [4.69, 9.17) is 6.42 Å². The van der Waals surface area contributed by atoms with Gasteiger partial charge in [0, 0.05) is 13.1 Å². The van der Waals surface area contributed by atoms with E-state index in [1.54, 1.807) is 0 Å². The minimum absolute atomic E-state index is 0.0627. The molecule has 14 heavy (non-hydrogen) atoms. The maximum atomic E-state index is 11.6. The van der Waals surface area contributed by atoms with E-state index < -0.39 is 10.2 Å². The highest BCUT2D eigenvalue weighted by Gasteiger charge is 2.26. The third-order valence-electron chi connectivity index (χ3n) is 2.32. The van der Waals surface area contributed by atoms with Crippen LogP contribution >= 0.6 is 0 Å². The first-order valence-electron chi connectivity index (χ1n) is 4.74. The molecule has 1 fully saturated rings. The molecule has 0 radical (unpaired) electrons. The normalized spacial score (nSPS) is 24.4. The molecule has 0 aromatic carbocycles. The number of terminal acetylenes is 1. The molecule has 1 atom stereocenters. The van der Waals surface area contributed by atoms with Crippen molar-refractivity contribution in [3.05, 3.63) is 0 Å². The van der Waals surface area contributed by atoms with Crippen LogP contribution in [0, 0.1) is 18.3 Å². The molecule has 4 nitrogen and oxygen atoms in total. The molecule has 1 unspecified atom stereocenters. The summed E-state index contributed by atoms with van der Waals surface area (Å²) in [6.45, 7) is 3.32. The van der Waals surface area contributed by atoms with E-state index >= 15 is 0 Å². The van der Waals surface area contributed by atoms with E-state index in [1.165, 1.54) is 4.31 Å². The Morgan fingerprint density at radius 3 is 2.93 bits per heavy atom. The van der Waals surface area contributed by atoms with Crippen LogP contribution in [0.25, 0.3) is 0 Å². The van der Waals surface area contributed by atoms with Gasteiger partial charge in [-0.1, -0.05) is 12.8 Å². The van der Waals surface area contributed by atoms with Crippen molar-refractivity contribution in [2.45, 2.75) is 19.8 Å². The number of hydrogen-bond acceptors (Lipinski definition) is 2. The second-order valence-electron chi connectivity index (χ2n) is 3.64. The minimum atomic E-state index is -3.34. The summed E-state index contributed by atoms with van der Waals surface area (Å²) in [4.78, 5) is 0. The zero-order valence-electron chi connectivity index (χ0n) is 8.36. The number of piperidine rings is 1. The summed E-state index contributed by atoms with van der Waals surface area (Å²) in [5.41, 5.74) is 0. The third-order valence-corrected chi connectivity index (χ3v) is 3.84. The standard InChI is InChI=1S/C9H16N2O2S/c1-3-6-10-14(12,13)11-7-4-5-9(2)8-11/h1,9-10H,4-8H2,2H3. The molecule has 1 N–H and O–H groups in total. The van der Waals surface area contributed by atoms with Gasteiger partial charge in [0.25, 0.3) is 10.2 Å². The van der Waals surface area contributed by atoms with Gasteiger partial charge in [-0.15, -0.1) is 6.42 Å². The second-order valence-corrected chi connectivity index (χ2v) is 5.39. The molecule has 0 aromatic heterocycles. The quantitative estimate of drug-likeness (QED) is 0.684. The molecule has 5 heteroatoms. The zero-order valence-corrected chi connectivity index (χ0v) is 9.18. The van der Waals surface area contributed by atoms with E-state index in [9.17, 15) is 8.42 Å². The average molecular weight is 216 g/mol. The molecule has 0 saturated carbocycles. The number of rotatable bonds is 3. The Kier molecular flexibility index (Phi) is 3.93. The molecule has 1 saturated heterocycles. The summed E-state index contributed by atoms with van der Waals surface area (Å²) in [6, 6.07) is 0. The van der Waals surface area contributed by atoms with Crippen molar-refractivity contribution < 1.29 is 8.42 Å². The Balaban J connectivity index is 2.58. The van der Waals surface area contributed by atoms with Crippen LogP contribution in [-0.4, -0.2) is 32.4 Å². The molecule has 1 aliphatic rings. The van der Waals surface area contributed by atoms with Gasteiger partial charge in [-0.05, 0) is 18.8 Å². The Labute approximate surface area is 85.9 Å². The minimum Gasteiger partial charge on any atom is -0.195 e. The number of hydrogen-bond donors (Lipinski definition) is 1. The predicted octanol–water partition coefficient (Wildman–Crippen LogP) is 0.186. The van der Waals surface area contributed by atoms with E-state index in [2.05, 4.69) is 17.6 Å². The first kappa shape index (κ1) is 11.5. The number of nitrogens with zero attached hydrogens (tertiary/aromatic N) is 1. The lowest BCUT2D eigenvalue weighted by Gasteiger charge is -2.29. The third kappa shape index (κ3) is 2.98. The van der Waals surface area contributed by atoms with Crippen molar-refractivity contribution in [1.82, 2.24) is 9.03 Å². The fraction of sp³-hybridized carbons (Fsp3) is 0.778. The molecule has 1 rings (SSSR count). The molecule has 0 aromatic rings. The van der Waals surface area contributed by atoms with Gasteiger partial charge < -0.3 is 0 Å². The maximum absolute atomic E-state index is 11.6. The van der Waals surface area contributed by atoms with Crippen molar-refractivity contribution in [1.29, 1.82) is 0 Å². The lowest BCUT2D eigenvalue weighted by Crippen LogP contribution is -2.45. The van der Waals surface area contributed by atoms with Gasteiger partial charge in [-0.25, -0.2) is 0 Å². The van der Waals surface area contributed by atoms with Gasteiger partial charge in [-0.3, -0.25) is 0 Å². The summed E-state index contributed by atoms with van der Waals surface area (Å²) in [6.07, 6.45) is 7.02. The van der Waals surface area contributed by atoms with Gasteiger partial charge >= 0.3 is 0 Å².